The van der Waals surface area contributed by atoms with Crippen molar-refractivity contribution in [1.29, 1.82) is 5.26 Å². The first-order valence-electron chi connectivity index (χ1n) is 4.74. The van der Waals surface area contributed by atoms with Gasteiger partial charge in [-0.15, -0.1) is 11.3 Å². The maximum Gasteiger partial charge on any atom is 0.246 e. The highest BCUT2D eigenvalue weighted by atomic mass is 32.1. The Balaban J connectivity index is 2.01. The molecule has 2 aromatic rings. The minimum Gasteiger partial charge on any atom is -0.396 e. The molecule has 0 unspecified atom stereocenters. The van der Waals surface area contributed by atoms with Crippen molar-refractivity contribution in [3.63, 3.8) is 0 Å². The summed E-state index contributed by atoms with van der Waals surface area (Å²) < 4.78 is 1.43. The third-order valence-electron chi connectivity index (χ3n) is 2.00. The highest BCUT2D eigenvalue weighted by molar-refractivity contribution is 7.14. The zero-order valence-electron chi connectivity index (χ0n) is 8.75. The van der Waals surface area contributed by atoms with Gasteiger partial charge in [0.1, 0.15) is 17.6 Å². The summed E-state index contributed by atoms with van der Waals surface area (Å²) in [6.07, 6.45) is 3.04. The number of thiophene rings is 1. The van der Waals surface area contributed by atoms with Crippen LogP contribution in [0.15, 0.2) is 23.8 Å². The van der Waals surface area contributed by atoms with Crippen molar-refractivity contribution in [1.82, 2.24) is 9.78 Å². The molecule has 2 heterocycles. The fourth-order valence-corrected chi connectivity index (χ4v) is 2.03. The summed E-state index contributed by atoms with van der Waals surface area (Å²) in [4.78, 5) is 11.6. The van der Waals surface area contributed by atoms with E-state index < -0.39 is 0 Å². The quantitative estimate of drug-likeness (QED) is 0.846. The number of nitrogens with one attached hydrogen (secondary N) is 1. The van der Waals surface area contributed by atoms with Gasteiger partial charge >= 0.3 is 0 Å². The number of nitriles is 1. The van der Waals surface area contributed by atoms with Crippen LogP contribution in [0.3, 0.4) is 0 Å². The zero-order valence-corrected chi connectivity index (χ0v) is 9.57. The number of nitrogen functional groups attached to an aromatic ring is 1. The van der Waals surface area contributed by atoms with Crippen molar-refractivity contribution >= 4 is 27.9 Å². The molecule has 86 valence electrons. The molecule has 2 rings (SSSR count). The van der Waals surface area contributed by atoms with Crippen molar-refractivity contribution < 1.29 is 4.79 Å². The molecule has 0 saturated heterocycles. The second-order valence-corrected chi connectivity index (χ2v) is 4.21. The van der Waals surface area contributed by atoms with E-state index in [9.17, 15) is 4.79 Å². The Hall–Kier alpha value is -2.33. The number of hydrogen-bond donors (Lipinski definition) is 2. The Morgan fingerprint density at radius 1 is 1.71 bits per heavy atom. The van der Waals surface area contributed by atoms with E-state index in [-0.39, 0.29) is 12.5 Å². The number of aromatic nitrogens is 2. The predicted molar refractivity (Wildman–Crippen MR) is 64.3 cm³/mol. The largest absolute Gasteiger partial charge is 0.396 e. The molecule has 7 heteroatoms. The Morgan fingerprint density at radius 2 is 2.53 bits per heavy atom. The number of nitrogens with zero attached hydrogens (tertiary/aromatic N) is 3. The topological polar surface area (TPSA) is 96.7 Å². The van der Waals surface area contributed by atoms with Gasteiger partial charge in [0.25, 0.3) is 0 Å². The molecule has 0 radical (unpaired) electrons. The number of amides is 1. The summed E-state index contributed by atoms with van der Waals surface area (Å²) in [7, 11) is 0. The third kappa shape index (κ3) is 2.62. The number of nitrogens with two attached hydrogens (primary N) is 1. The van der Waals surface area contributed by atoms with E-state index in [1.165, 1.54) is 22.2 Å². The van der Waals surface area contributed by atoms with Gasteiger partial charge in [0, 0.05) is 6.20 Å². The summed E-state index contributed by atoms with van der Waals surface area (Å²) in [6, 6.07) is 3.66. The molecule has 0 spiro atoms. The lowest BCUT2D eigenvalue weighted by Crippen LogP contribution is -2.18. The first-order valence-corrected chi connectivity index (χ1v) is 5.62. The van der Waals surface area contributed by atoms with Crippen molar-refractivity contribution in [3.8, 4) is 6.07 Å². The van der Waals surface area contributed by atoms with Crippen LogP contribution in [-0.4, -0.2) is 15.7 Å². The molecule has 0 atom stereocenters. The number of anilines is 2. The van der Waals surface area contributed by atoms with Gasteiger partial charge in [0.2, 0.25) is 5.91 Å². The SMILES string of the molecule is N#Cc1ccsc1NC(=O)Cn1cc(N)cn1. The number of hydrogen-bond acceptors (Lipinski definition) is 5. The van der Waals surface area contributed by atoms with Crippen molar-refractivity contribution in [3.05, 3.63) is 29.4 Å². The standard InChI is InChI=1S/C10H9N5OS/c11-3-7-1-2-17-10(7)14-9(16)6-15-5-8(12)4-13-15/h1-2,4-5H,6,12H2,(H,14,16). The first kappa shape index (κ1) is 11.2. The fraction of sp³-hybridized carbons (Fsp3) is 0.100. The van der Waals surface area contributed by atoms with Crippen LogP contribution in [0.25, 0.3) is 0 Å². The molecule has 0 bridgehead atoms. The van der Waals surface area contributed by atoms with Gasteiger partial charge in [0.05, 0.1) is 17.4 Å². The third-order valence-corrected chi connectivity index (χ3v) is 2.83. The summed E-state index contributed by atoms with van der Waals surface area (Å²) in [6.45, 7) is 0.0694. The fourth-order valence-electron chi connectivity index (χ4n) is 1.27. The average molecular weight is 247 g/mol. The number of carbonyl (C=O) groups excluding carboxylic acids is 1. The second kappa shape index (κ2) is 4.67. The molecule has 6 nitrogen and oxygen atoms in total. The maximum atomic E-state index is 11.6. The van der Waals surface area contributed by atoms with E-state index in [0.29, 0.717) is 16.3 Å². The molecule has 0 aromatic carbocycles. The summed E-state index contributed by atoms with van der Waals surface area (Å²) >= 11 is 1.31. The number of rotatable bonds is 3. The summed E-state index contributed by atoms with van der Waals surface area (Å²) in [5, 5.41) is 17.6. The highest BCUT2D eigenvalue weighted by Crippen LogP contribution is 2.21. The van der Waals surface area contributed by atoms with Gasteiger partial charge in [-0.25, -0.2) is 0 Å². The van der Waals surface area contributed by atoms with Crippen LogP contribution in [0.5, 0.6) is 0 Å². The lowest BCUT2D eigenvalue weighted by Gasteiger charge is -2.03. The van der Waals surface area contributed by atoms with Crippen LogP contribution in [0.1, 0.15) is 5.56 Å². The summed E-state index contributed by atoms with van der Waals surface area (Å²) in [5.74, 6) is -0.243. The van der Waals surface area contributed by atoms with Crippen LogP contribution in [0.2, 0.25) is 0 Å². The molecule has 0 aliphatic carbocycles. The van der Waals surface area contributed by atoms with Crippen molar-refractivity contribution in [2.75, 3.05) is 11.1 Å². The minimum atomic E-state index is -0.243. The van der Waals surface area contributed by atoms with Gasteiger partial charge in [0.15, 0.2) is 0 Å². The van der Waals surface area contributed by atoms with E-state index in [4.69, 9.17) is 11.0 Å². The van der Waals surface area contributed by atoms with Crippen LogP contribution in [0, 0.1) is 11.3 Å². The molecule has 0 aliphatic rings. The van der Waals surface area contributed by atoms with E-state index >= 15 is 0 Å². The molecule has 1 amide bonds. The Labute approximate surface area is 101 Å². The zero-order chi connectivity index (χ0) is 12.3. The van der Waals surface area contributed by atoms with Gasteiger partial charge in [-0.3, -0.25) is 9.48 Å². The Kier molecular flexibility index (Phi) is 3.07. The molecular formula is C10H9N5OS. The Bertz CT molecular complexity index is 580. The lowest BCUT2D eigenvalue weighted by atomic mass is 10.3. The molecular weight excluding hydrogens is 238 g/mol. The van der Waals surface area contributed by atoms with Gasteiger partial charge < -0.3 is 11.1 Å². The van der Waals surface area contributed by atoms with Crippen LogP contribution < -0.4 is 11.1 Å². The second-order valence-electron chi connectivity index (χ2n) is 3.29. The molecule has 0 saturated carbocycles. The van der Waals surface area contributed by atoms with Crippen LogP contribution in [0.4, 0.5) is 10.7 Å². The van der Waals surface area contributed by atoms with Crippen molar-refractivity contribution in [2.24, 2.45) is 0 Å². The van der Waals surface area contributed by atoms with E-state index in [2.05, 4.69) is 10.4 Å². The average Bonchev–Trinajstić information content (AvgIpc) is 2.87. The van der Waals surface area contributed by atoms with Crippen LogP contribution >= 0.6 is 11.3 Å². The van der Waals surface area contributed by atoms with Gasteiger partial charge in [-0.1, -0.05) is 0 Å². The predicted octanol–water partition coefficient (Wildman–Crippen LogP) is 1.04. The Morgan fingerprint density at radius 3 is 3.18 bits per heavy atom. The molecule has 0 aliphatic heterocycles. The molecule has 0 fully saturated rings. The number of carbonyl (C=O) groups is 1. The van der Waals surface area contributed by atoms with Crippen molar-refractivity contribution in [2.45, 2.75) is 6.54 Å². The summed E-state index contributed by atoms with van der Waals surface area (Å²) in [5.41, 5.74) is 6.45. The molecule has 2 aromatic heterocycles. The van der Waals surface area contributed by atoms with E-state index in [1.54, 1.807) is 17.6 Å². The van der Waals surface area contributed by atoms with Gasteiger partial charge in [-0.2, -0.15) is 10.4 Å². The van der Waals surface area contributed by atoms with E-state index in [0.717, 1.165) is 0 Å². The minimum absolute atomic E-state index is 0.0694. The maximum absolute atomic E-state index is 11.6. The smallest absolute Gasteiger partial charge is 0.246 e. The first-order chi connectivity index (χ1) is 8.19. The van der Waals surface area contributed by atoms with Crippen LogP contribution in [-0.2, 0) is 11.3 Å². The van der Waals surface area contributed by atoms with Gasteiger partial charge in [-0.05, 0) is 11.4 Å². The van der Waals surface area contributed by atoms with E-state index in [1.807, 2.05) is 6.07 Å². The normalized spacial score (nSPS) is 9.82. The highest BCUT2D eigenvalue weighted by Gasteiger charge is 2.09. The molecule has 3 N–H and O–H groups in total. The molecule has 17 heavy (non-hydrogen) atoms. The monoisotopic (exact) mass is 247 g/mol. The lowest BCUT2D eigenvalue weighted by molar-refractivity contribution is -0.116.